The van der Waals surface area contributed by atoms with Crippen molar-refractivity contribution in [2.45, 2.75) is 46.6 Å². The van der Waals surface area contributed by atoms with Crippen LogP contribution in [0.4, 0.5) is 4.79 Å². The topological polar surface area (TPSA) is 35.5 Å². The van der Waals surface area contributed by atoms with E-state index in [9.17, 15) is 4.79 Å². The number of allylic oxidation sites excluding steroid dienone is 3. The van der Waals surface area contributed by atoms with Gasteiger partial charge in [-0.15, -0.1) is 0 Å². The monoisotopic (exact) mass is 240 g/mol. The Hall–Kier alpha value is -1.25. The Morgan fingerprint density at radius 2 is 1.76 bits per heavy atom. The fourth-order valence-corrected chi connectivity index (χ4v) is 0.944. The van der Waals surface area contributed by atoms with Gasteiger partial charge in [0.05, 0.1) is 0 Å². The number of hydrogen-bond acceptors (Lipinski definition) is 3. The molecule has 0 aliphatic heterocycles. The second-order valence-corrected chi connectivity index (χ2v) is 4.21. The van der Waals surface area contributed by atoms with Gasteiger partial charge in [0.15, 0.2) is 0 Å². The van der Waals surface area contributed by atoms with Crippen LogP contribution >= 0.6 is 0 Å². The fraction of sp³-hybridized carbons (Fsp3) is 0.643. The number of ether oxygens (including phenoxy) is 2. The summed E-state index contributed by atoms with van der Waals surface area (Å²) >= 11 is 0. The summed E-state index contributed by atoms with van der Waals surface area (Å²) in [6, 6.07) is 0. The van der Waals surface area contributed by atoms with Crippen LogP contribution in [0.5, 0.6) is 0 Å². The standard InChI is InChI=1S/C14H24O3/c1-5-6-7-8-9-10-11-16-14(15)17-13(4)12(2)3/h6-7,9-10,12-13H,5,8,11H2,1-4H3/b7-6-,10-9-. The van der Waals surface area contributed by atoms with Crippen LogP contribution in [0, 0.1) is 5.92 Å². The van der Waals surface area contributed by atoms with Gasteiger partial charge in [-0.1, -0.05) is 45.1 Å². The zero-order valence-electron chi connectivity index (χ0n) is 11.3. The third-order valence-electron chi connectivity index (χ3n) is 2.36. The molecule has 0 saturated carbocycles. The Kier molecular flexibility index (Phi) is 9.21. The van der Waals surface area contributed by atoms with Crippen molar-refractivity contribution in [3.63, 3.8) is 0 Å². The van der Waals surface area contributed by atoms with Crippen molar-refractivity contribution in [2.24, 2.45) is 5.92 Å². The van der Waals surface area contributed by atoms with Crippen LogP contribution in [-0.4, -0.2) is 18.9 Å². The molecule has 1 unspecified atom stereocenters. The second kappa shape index (κ2) is 9.94. The molecule has 0 bridgehead atoms. The molecule has 0 aliphatic rings. The van der Waals surface area contributed by atoms with E-state index >= 15 is 0 Å². The smallest absolute Gasteiger partial charge is 0.431 e. The maximum atomic E-state index is 11.2. The lowest BCUT2D eigenvalue weighted by Crippen LogP contribution is -2.20. The zero-order valence-corrected chi connectivity index (χ0v) is 11.3. The highest BCUT2D eigenvalue weighted by atomic mass is 16.7. The van der Waals surface area contributed by atoms with Gasteiger partial charge in [-0.25, -0.2) is 4.79 Å². The highest BCUT2D eigenvalue weighted by Crippen LogP contribution is 2.06. The van der Waals surface area contributed by atoms with Crippen LogP contribution in [0.3, 0.4) is 0 Å². The van der Waals surface area contributed by atoms with E-state index in [0.29, 0.717) is 5.92 Å². The molecular weight excluding hydrogens is 216 g/mol. The van der Waals surface area contributed by atoms with Crippen LogP contribution in [-0.2, 0) is 9.47 Å². The molecule has 17 heavy (non-hydrogen) atoms. The average Bonchev–Trinajstić information content (AvgIpc) is 2.27. The van der Waals surface area contributed by atoms with E-state index in [1.807, 2.05) is 32.9 Å². The summed E-state index contributed by atoms with van der Waals surface area (Å²) in [4.78, 5) is 11.2. The Balaban J connectivity index is 3.61. The molecule has 0 amide bonds. The van der Waals surface area contributed by atoms with Crippen molar-refractivity contribution in [1.82, 2.24) is 0 Å². The molecule has 0 aromatic heterocycles. The van der Waals surface area contributed by atoms with Crippen molar-refractivity contribution >= 4 is 6.16 Å². The Bertz CT molecular complexity index is 254. The Morgan fingerprint density at radius 1 is 1.12 bits per heavy atom. The highest BCUT2D eigenvalue weighted by molar-refractivity contribution is 5.60. The predicted octanol–water partition coefficient (Wildman–Crippen LogP) is 4.10. The van der Waals surface area contributed by atoms with Gasteiger partial charge in [0.2, 0.25) is 0 Å². The van der Waals surface area contributed by atoms with Gasteiger partial charge >= 0.3 is 6.16 Å². The van der Waals surface area contributed by atoms with E-state index in [0.717, 1.165) is 12.8 Å². The molecule has 0 spiro atoms. The van der Waals surface area contributed by atoms with Crippen molar-refractivity contribution < 1.29 is 14.3 Å². The van der Waals surface area contributed by atoms with E-state index in [2.05, 4.69) is 19.1 Å². The first-order valence-corrected chi connectivity index (χ1v) is 6.21. The van der Waals surface area contributed by atoms with Gasteiger partial charge in [-0.3, -0.25) is 0 Å². The molecule has 0 aromatic carbocycles. The summed E-state index contributed by atoms with van der Waals surface area (Å²) in [5.41, 5.74) is 0. The SMILES string of the molecule is CC/C=C\C/C=C\COC(=O)OC(C)C(C)C. The van der Waals surface area contributed by atoms with Gasteiger partial charge in [0.25, 0.3) is 0 Å². The van der Waals surface area contributed by atoms with Gasteiger partial charge in [-0.05, 0) is 25.7 Å². The first kappa shape index (κ1) is 15.8. The minimum atomic E-state index is -0.597. The number of hydrogen-bond donors (Lipinski definition) is 0. The van der Waals surface area contributed by atoms with E-state index in [-0.39, 0.29) is 12.7 Å². The van der Waals surface area contributed by atoms with E-state index in [4.69, 9.17) is 9.47 Å². The first-order chi connectivity index (χ1) is 8.07. The van der Waals surface area contributed by atoms with Crippen LogP contribution in [0.2, 0.25) is 0 Å². The number of rotatable bonds is 7. The van der Waals surface area contributed by atoms with Crippen LogP contribution < -0.4 is 0 Å². The average molecular weight is 240 g/mol. The van der Waals surface area contributed by atoms with Gasteiger partial charge in [0.1, 0.15) is 12.7 Å². The minimum absolute atomic E-state index is 0.112. The van der Waals surface area contributed by atoms with E-state index < -0.39 is 6.16 Å². The highest BCUT2D eigenvalue weighted by Gasteiger charge is 2.13. The van der Waals surface area contributed by atoms with Gasteiger partial charge in [-0.2, -0.15) is 0 Å². The van der Waals surface area contributed by atoms with Crippen LogP contribution in [0.25, 0.3) is 0 Å². The molecule has 0 rings (SSSR count). The quantitative estimate of drug-likeness (QED) is 0.496. The summed E-state index contributed by atoms with van der Waals surface area (Å²) in [5.74, 6) is 0.303. The Morgan fingerprint density at radius 3 is 2.35 bits per heavy atom. The lowest BCUT2D eigenvalue weighted by molar-refractivity contribution is 0.0203. The minimum Gasteiger partial charge on any atom is -0.431 e. The molecular formula is C14H24O3. The fourth-order valence-electron chi connectivity index (χ4n) is 0.944. The summed E-state index contributed by atoms with van der Waals surface area (Å²) in [6.45, 7) is 8.21. The van der Waals surface area contributed by atoms with Crippen molar-refractivity contribution in [2.75, 3.05) is 6.61 Å². The third kappa shape index (κ3) is 9.67. The summed E-state index contributed by atoms with van der Waals surface area (Å²) in [6.07, 6.45) is 9.17. The largest absolute Gasteiger partial charge is 0.508 e. The molecule has 0 saturated heterocycles. The second-order valence-electron chi connectivity index (χ2n) is 4.21. The molecule has 0 aliphatic carbocycles. The molecule has 0 radical (unpaired) electrons. The molecule has 1 atom stereocenters. The van der Waals surface area contributed by atoms with Gasteiger partial charge in [0, 0.05) is 0 Å². The van der Waals surface area contributed by atoms with Crippen LogP contribution in [0.15, 0.2) is 24.3 Å². The van der Waals surface area contributed by atoms with Crippen molar-refractivity contribution in [3.8, 4) is 0 Å². The summed E-state index contributed by atoms with van der Waals surface area (Å²) < 4.78 is 9.95. The number of carbonyl (C=O) groups excluding carboxylic acids is 1. The summed E-state index contributed by atoms with van der Waals surface area (Å²) in [5, 5.41) is 0. The molecule has 0 N–H and O–H groups in total. The molecule has 98 valence electrons. The number of carbonyl (C=O) groups is 1. The molecule has 0 fully saturated rings. The zero-order chi connectivity index (χ0) is 13.1. The first-order valence-electron chi connectivity index (χ1n) is 6.21. The normalized spacial score (nSPS) is 13.5. The lowest BCUT2D eigenvalue weighted by atomic mass is 10.1. The molecule has 3 heteroatoms. The lowest BCUT2D eigenvalue weighted by Gasteiger charge is -2.15. The molecule has 0 aromatic rings. The predicted molar refractivity (Wildman–Crippen MR) is 69.9 cm³/mol. The van der Waals surface area contributed by atoms with Gasteiger partial charge < -0.3 is 9.47 Å². The summed E-state index contributed by atoms with van der Waals surface area (Å²) in [7, 11) is 0. The maximum absolute atomic E-state index is 11.2. The van der Waals surface area contributed by atoms with Crippen molar-refractivity contribution in [1.29, 1.82) is 0 Å². The van der Waals surface area contributed by atoms with E-state index in [1.54, 1.807) is 0 Å². The van der Waals surface area contributed by atoms with Crippen molar-refractivity contribution in [3.05, 3.63) is 24.3 Å². The Labute approximate surface area is 104 Å². The molecule has 3 nitrogen and oxygen atoms in total. The third-order valence-corrected chi connectivity index (χ3v) is 2.36. The van der Waals surface area contributed by atoms with E-state index in [1.165, 1.54) is 0 Å². The maximum Gasteiger partial charge on any atom is 0.508 e. The van der Waals surface area contributed by atoms with Crippen LogP contribution in [0.1, 0.15) is 40.5 Å². The molecule has 0 heterocycles.